The molecule has 1 aliphatic carbocycles. The molecule has 0 bridgehead atoms. The van der Waals surface area contributed by atoms with Crippen molar-refractivity contribution in [3.63, 3.8) is 0 Å². The fourth-order valence-electron chi connectivity index (χ4n) is 3.33. The quantitative estimate of drug-likeness (QED) is 0.866. The summed E-state index contributed by atoms with van der Waals surface area (Å²) in [6.07, 6.45) is 5.28. The molecule has 2 heterocycles. The number of rotatable bonds is 3. The van der Waals surface area contributed by atoms with Crippen LogP contribution in [0.15, 0.2) is 22.8 Å². The van der Waals surface area contributed by atoms with Crippen LogP contribution in [0.4, 0.5) is 4.79 Å². The number of amides is 4. The van der Waals surface area contributed by atoms with Gasteiger partial charge in [0.05, 0.1) is 12.3 Å². The van der Waals surface area contributed by atoms with Crippen LogP contribution < -0.4 is 5.32 Å². The van der Waals surface area contributed by atoms with Crippen molar-refractivity contribution >= 4 is 17.8 Å². The van der Waals surface area contributed by atoms with Crippen LogP contribution in [0.1, 0.15) is 44.4 Å². The Morgan fingerprint density at radius 3 is 2.62 bits per heavy atom. The van der Waals surface area contributed by atoms with Gasteiger partial charge in [-0.25, -0.2) is 4.79 Å². The highest BCUT2D eigenvalue weighted by atomic mass is 16.3. The number of hydrogen-bond acceptors (Lipinski definition) is 4. The van der Waals surface area contributed by atoms with Gasteiger partial charge in [-0.05, 0) is 37.8 Å². The lowest BCUT2D eigenvalue weighted by molar-refractivity contribution is -0.146. The number of nitrogens with one attached hydrogen (secondary N) is 1. The van der Waals surface area contributed by atoms with Crippen LogP contribution in [0, 0.1) is 11.8 Å². The first-order chi connectivity index (χ1) is 10.1. The molecule has 1 saturated heterocycles. The number of imide groups is 2. The molecule has 6 heteroatoms. The molecule has 1 N–H and O–H groups in total. The predicted octanol–water partition coefficient (Wildman–Crippen LogP) is 2.23. The Morgan fingerprint density at radius 2 is 2.00 bits per heavy atom. The summed E-state index contributed by atoms with van der Waals surface area (Å²) < 4.78 is 5.27. The van der Waals surface area contributed by atoms with Crippen molar-refractivity contribution in [2.45, 2.75) is 38.6 Å². The van der Waals surface area contributed by atoms with Crippen molar-refractivity contribution in [3.05, 3.63) is 24.2 Å². The Bertz CT molecular complexity index is 560. The third-order valence-electron chi connectivity index (χ3n) is 4.45. The van der Waals surface area contributed by atoms with E-state index in [1.807, 2.05) is 0 Å². The number of barbiturate groups is 1. The van der Waals surface area contributed by atoms with Crippen molar-refractivity contribution < 1.29 is 18.8 Å². The first-order valence-electron chi connectivity index (χ1n) is 7.31. The number of carbonyl (C=O) groups is 3. The summed E-state index contributed by atoms with van der Waals surface area (Å²) in [4.78, 5) is 37.9. The Labute approximate surface area is 122 Å². The number of carbonyl (C=O) groups excluding carboxylic acids is 3. The number of nitrogens with zero attached hydrogens (tertiary/aromatic N) is 1. The molecule has 2 fully saturated rings. The van der Waals surface area contributed by atoms with Gasteiger partial charge in [0.25, 0.3) is 0 Å². The molecule has 0 spiro atoms. The highest BCUT2D eigenvalue weighted by Gasteiger charge is 2.47. The van der Waals surface area contributed by atoms with Crippen LogP contribution in [-0.4, -0.2) is 22.7 Å². The van der Waals surface area contributed by atoms with E-state index in [4.69, 9.17) is 4.42 Å². The van der Waals surface area contributed by atoms with E-state index in [0.717, 1.165) is 30.6 Å². The smallest absolute Gasteiger partial charge is 0.331 e. The molecule has 112 valence electrons. The Hall–Kier alpha value is -2.11. The first-order valence-corrected chi connectivity index (χ1v) is 7.31. The molecule has 2 aliphatic rings. The molecule has 0 aromatic carbocycles. The van der Waals surface area contributed by atoms with Gasteiger partial charge in [0.15, 0.2) is 0 Å². The highest BCUT2D eigenvalue weighted by molar-refractivity contribution is 6.16. The van der Waals surface area contributed by atoms with E-state index in [1.165, 1.54) is 6.26 Å². The highest BCUT2D eigenvalue weighted by Crippen LogP contribution is 2.35. The molecule has 1 aromatic rings. The van der Waals surface area contributed by atoms with E-state index < -0.39 is 29.8 Å². The zero-order chi connectivity index (χ0) is 15.0. The lowest BCUT2D eigenvalue weighted by Gasteiger charge is -2.35. The van der Waals surface area contributed by atoms with Crippen molar-refractivity contribution in [3.8, 4) is 0 Å². The van der Waals surface area contributed by atoms with Crippen molar-refractivity contribution in [1.82, 2.24) is 10.2 Å². The molecule has 0 radical (unpaired) electrons. The van der Waals surface area contributed by atoms with Crippen LogP contribution >= 0.6 is 0 Å². The standard InChI is InChI=1S/C15H18N2O4/c1-9(11-7-4-8-21-11)17-14(19)12(10-5-2-3-6-10)13(18)16-15(17)20/h4,7-10,12H,2-3,5-6H2,1H3,(H,16,18,20). The largest absolute Gasteiger partial charge is 0.467 e. The van der Waals surface area contributed by atoms with Crippen LogP contribution in [0.25, 0.3) is 0 Å². The van der Waals surface area contributed by atoms with E-state index >= 15 is 0 Å². The van der Waals surface area contributed by atoms with E-state index in [-0.39, 0.29) is 5.92 Å². The third-order valence-corrected chi connectivity index (χ3v) is 4.45. The average Bonchev–Trinajstić information content (AvgIpc) is 3.11. The molecule has 4 amide bonds. The van der Waals surface area contributed by atoms with Gasteiger partial charge in [-0.2, -0.15) is 0 Å². The molecular weight excluding hydrogens is 272 g/mol. The maximum Gasteiger partial charge on any atom is 0.331 e. The topological polar surface area (TPSA) is 79.6 Å². The molecule has 1 aliphatic heterocycles. The van der Waals surface area contributed by atoms with Crippen LogP contribution in [0.3, 0.4) is 0 Å². The summed E-state index contributed by atoms with van der Waals surface area (Å²) in [6.45, 7) is 1.72. The maximum absolute atomic E-state index is 12.7. The Morgan fingerprint density at radius 1 is 1.29 bits per heavy atom. The molecule has 3 rings (SSSR count). The van der Waals surface area contributed by atoms with E-state index in [2.05, 4.69) is 5.32 Å². The SMILES string of the molecule is CC(c1ccco1)N1C(=O)NC(=O)C(C2CCCC2)C1=O. The normalized spacial score (nSPS) is 25.3. The second kappa shape index (κ2) is 5.35. The second-order valence-corrected chi connectivity index (χ2v) is 5.72. The zero-order valence-corrected chi connectivity index (χ0v) is 11.9. The summed E-state index contributed by atoms with van der Waals surface area (Å²) in [5.74, 6) is -1.04. The van der Waals surface area contributed by atoms with Gasteiger partial charge in [-0.15, -0.1) is 0 Å². The fraction of sp³-hybridized carbons (Fsp3) is 0.533. The van der Waals surface area contributed by atoms with Gasteiger partial charge < -0.3 is 4.42 Å². The van der Waals surface area contributed by atoms with E-state index in [0.29, 0.717) is 5.76 Å². The van der Waals surface area contributed by atoms with Crippen LogP contribution in [-0.2, 0) is 9.59 Å². The minimum absolute atomic E-state index is 0.0388. The number of hydrogen-bond donors (Lipinski definition) is 1. The van der Waals surface area contributed by atoms with E-state index in [9.17, 15) is 14.4 Å². The minimum Gasteiger partial charge on any atom is -0.467 e. The Kier molecular flexibility index (Phi) is 3.53. The van der Waals surface area contributed by atoms with Crippen LogP contribution in [0.2, 0.25) is 0 Å². The van der Waals surface area contributed by atoms with Crippen molar-refractivity contribution in [2.24, 2.45) is 11.8 Å². The Balaban J connectivity index is 1.87. The molecule has 2 unspecified atom stereocenters. The summed E-state index contributed by atoms with van der Waals surface area (Å²) in [5.41, 5.74) is 0. The lowest BCUT2D eigenvalue weighted by Crippen LogP contribution is -2.59. The molecule has 2 atom stereocenters. The second-order valence-electron chi connectivity index (χ2n) is 5.72. The van der Waals surface area contributed by atoms with E-state index in [1.54, 1.807) is 19.1 Å². The summed E-state index contributed by atoms with van der Waals surface area (Å²) in [6, 6.07) is 2.23. The lowest BCUT2D eigenvalue weighted by atomic mass is 9.87. The zero-order valence-electron chi connectivity index (χ0n) is 11.9. The molecule has 1 saturated carbocycles. The minimum atomic E-state index is -0.748. The van der Waals surface area contributed by atoms with Gasteiger partial charge >= 0.3 is 6.03 Å². The maximum atomic E-state index is 12.7. The van der Waals surface area contributed by atoms with Gasteiger partial charge in [0.1, 0.15) is 11.7 Å². The molecule has 6 nitrogen and oxygen atoms in total. The summed E-state index contributed by atoms with van der Waals surface area (Å²) in [5, 5.41) is 2.32. The molecular formula is C15H18N2O4. The molecule has 1 aromatic heterocycles. The molecule has 21 heavy (non-hydrogen) atoms. The third kappa shape index (κ3) is 2.34. The van der Waals surface area contributed by atoms with Crippen molar-refractivity contribution in [2.75, 3.05) is 0 Å². The van der Waals surface area contributed by atoms with Gasteiger partial charge in [0, 0.05) is 0 Å². The fourth-order valence-corrected chi connectivity index (χ4v) is 3.33. The van der Waals surface area contributed by atoms with Crippen molar-refractivity contribution in [1.29, 1.82) is 0 Å². The van der Waals surface area contributed by atoms with Gasteiger partial charge in [-0.1, -0.05) is 12.8 Å². The van der Waals surface area contributed by atoms with Crippen LogP contribution in [0.5, 0.6) is 0 Å². The van der Waals surface area contributed by atoms with Gasteiger partial charge in [0.2, 0.25) is 11.8 Å². The number of urea groups is 1. The number of furan rings is 1. The predicted molar refractivity (Wildman–Crippen MR) is 73.0 cm³/mol. The first kappa shape index (κ1) is 13.9. The van der Waals surface area contributed by atoms with Gasteiger partial charge in [-0.3, -0.25) is 19.8 Å². The average molecular weight is 290 g/mol. The monoisotopic (exact) mass is 290 g/mol. The summed E-state index contributed by atoms with van der Waals surface area (Å²) in [7, 11) is 0. The summed E-state index contributed by atoms with van der Waals surface area (Å²) >= 11 is 0.